The monoisotopic (exact) mass is 478 g/mol. The standard InChI is InChI=1S/C21H11ClN6O2S2/c22-12-5-3-11(4-6-12)16-14(27-7-9-31-20(27)24-16)10-13-17(23)28-21(25-18(13)29)32-19(26-28)15-2-1-8-30-15/h1-10,23H/b13-10-,23-17?. The number of rotatable bonds is 3. The summed E-state index contributed by atoms with van der Waals surface area (Å²) in [6.45, 7) is 0. The van der Waals surface area contributed by atoms with Crippen molar-refractivity contribution in [2.75, 3.05) is 0 Å². The molecule has 0 unspecified atom stereocenters. The van der Waals surface area contributed by atoms with E-state index < -0.39 is 5.91 Å². The van der Waals surface area contributed by atoms with Crippen LogP contribution >= 0.6 is 34.7 Å². The lowest BCUT2D eigenvalue weighted by Crippen LogP contribution is -2.35. The number of thioether (sulfide) groups is 1. The van der Waals surface area contributed by atoms with E-state index in [1.807, 2.05) is 28.1 Å². The molecule has 0 radical (unpaired) electrons. The molecular weight excluding hydrogens is 468 g/mol. The number of hydrogen-bond donors (Lipinski definition) is 1. The molecule has 156 valence electrons. The molecule has 0 aliphatic carbocycles. The molecule has 11 heteroatoms. The molecule has 3 aromatic heterocycles. The summed E-state index contributed by atoms with van der Waals surface area (Å²) >= 11 is 8.71. The molecule has 1 N–H and O–H groups in total. The number of furan rings is 1. The molecule has 1 amide bonds. The minimum Gasteiger partial charge on any atom is -0.462 e. The Hall–Kier alpha value is -3.47. The quantitative estimate of drug-likeness (QED) is 0.419. The molecule has 0 atom stereocenters. The summed E-state index contributed by atoms with van der Waals surface area (Å²) in [7, 11) is 0. The van der Waals surface area contributed by atoms with Gasteiger partial charge in [-0.25, -0.2) is 4.98 Å². The second-order valence-electron chi connectivity index (χ2n) is 6.81. The lowest BCUT2D eigenvalue weighted by Gasteiger charge is -2.20. The molecule has 2 aliphatic rings. The van der Waals surface area contributed by atoms with Crippen LogP contribution in [-0.2, 0) is 4.79 Å². The summed E-state index contributed by atoms with van der Waals surface area (Å²) < 4.78 is 7.27. The summed E-state index contributed by atoms with van der Waals surface area (Å²) in [5.74, 6) is -0.00292. The number of nitrogens with zero attached hydrogens (tertiary/aromatic N) is 5. The first-order valence-corrected chi connectivity index (χ1v) is 11.4. The van der Waals surface area contributed by atoms with E-state index >= 15 is 0 Å². The van der Waals surface area contributed by atoms with Crippen LogP contribution in [0.4, 0.5) is 0 Å². The second-order valence-corrected chi connectivity index (χ2v) is 9.08. The van der Waals surface area contributed by atoms with Gasteiger partial charge in [0, 0.05) is 22.2 Å². The highest BCUT2D eigenvalue weighted by Crippen LogP contribution is 2.33. The van der Waals surface area contributed by atoms with E-state index in [9.17, 15) is 4.79 Å². The van der Waals surface area contributed by atoms with Crippen LogP contribution in [0.15, 0.2) is 74.3 Å². The first-order valence-electron chi connectivity index (χ1n) is 9.34. The van der Waals surface area contributed by atoms with Crippen molar-refractivity contribution in [1.29, 1.82) is 5.41 Å². The summed E-state index contributed by atoms with van der Waals surface area (Å²) in [4.78, 5) is 22.5. The molecule has 0 saturated heterocycles. The highest BCUT2D eigenvalue weighted by molar-refractivity contribution is 8.27. The number of thiazole rings is 1. The molecule has 5 heterocycles. The van der Waals surface area contributed by atoms with Crippen LogP contribution in [-0.4, -0.2) is 36.3 Å². The molecule has 32 heavy (non-hydrogen) atoms. The van der Waals surface area contributed by atoms with Crippen LogP contribution in [0.3, 0.4) is 0 Å². The number of carbonyl (C=O) groups excluding carboxylic acids is 1. The van der Waals surface area contributed by atoms with Gasteiger partial charge in [-0.1, -0.05) is 23.7 Å². The average Bonchev–Trinajstić information content (AvgIpc) is 3.55. The molecule has 8 nitrogen and oxygen atoms in total. The van der Waals surface area contributed by atoms with Crippen molar-refractivity contribution in [3.05, 3.63) is 76.3 Å². The summed E-state index contributed by atoms with van der Waals surface area (Å²) in [6.07, 6.45) is 5.07. The average molecular weight is 479 g/mol. The maximum Gasteiger partial charge on any atom is 0.283 e. The van der Waals surface area contributed by atoms with E-state index in [1.54, 1.807) is 36.6 Å². The third-order valence-electron chi connectivity index (χ3n) is 4.88. The normalized spacial score (nSPS) is 17.3. The van der Waals surface area contributed by atoms with E-state index in [4.69, 9.17) is 26.4 Å². The predicted molar refractivity (Wildman–Crippen MR) is 126 cm³/mol. The molecule has 0 saturated carbocycles. The number of amides is 1. The van der Waals surface area contributed by atoms with Gasteiger partial charge in [0.25, 0.3) is 5.91 Å². The Kier molecular flexibility index (Phi) is 4.39. The van der Waals surface area contributed by atoms with Gasteiger partial charge in [-0.2, -0.15) is 15.1 Å². The highest BCUT2D eigenvalue weighted by Gasteiger charge is 2.37. The third kappa shape index (κ3) is 3.03. The fraction of sp³-hybridized carbons (Fsp3) is 0. The number of hydrazone groups is 1. The van der Waals surface area contributed by atoms with Gasteiger partial charge >= 0.3 is 0 Å². The van der Waals surface area contributed by atoms with Crippen molar-refractivity contribution in [2.45, 2.75) is 0 Å². The van der Waals surface area contributed by atoms with Crippen molar-refractivity contribution in [2.24, 2.45) is 10.1 Å². The summed E-state index contributed by atoms with van der Waals surface area (Å²) in [6, 6.07) is 10.8. The van der Waals surface area contributed by atoms with E-state index in [0.717, 1.165) is 10.5 Å². The molecule has 1 aromatic carbocycles. The highest BCUT2D eigenvalue weighted by atomic mass is 35.5. The lowest BCUT2D eigenvalue weighted by atomic mass is 10.1. The largest absolute Gasteiger partial charge is 0.462 e. The van der Waals surface area contributed by atoms with E-state index in [-0.39, 0.29) is 11.4 Å². The van der Waals surface area contributed by atoms with Crippen LogP contribution in [0.25, 0.3) is 22.3 Å². The van der Waals surface area contributed by atoms with E-state index in [1.165, 1.54) is 28.1 Å². The Morgan fingerprint density at radius 1 is 1.19 bits per heavy atom. The van der Waals surface area contributed by atoms with Gasteiger partial charge < -0.3 is 4.42 Å². The minimum atomic E-state index is -0.503. The molecule has 2 aliphatic heterocycles. The molecule has 4 aromatic rings. The van der Waals surface area contributed by atoms with Crippen LogP contribution in [0.2, 0.25) is 5.02 Å². The number of nitrogens with one attached hydrogen (secondary N) is 1. The Morgan fingerprint density at radius 2 is 2.03 bits per heavy atom. The number of aliphatic imine (C=N–C) groups is 1. The van der Waals surface area contributed by atoms with Gasteiger partial charge in [-0.15, -0.1) is 11.3 Å². The predicted octanol–water partition coefficient (Wildman–Crippen LogP) is 4.98. The van der Waals surface area contributed by atoms with Gasteiger partial charge in [-0.3, -0.25) is 14.6 Å². The van der Waals surface area contributed by atoms with Crippen LogP contribution in [0.5, 0.6) is 0 Å². The summed E-state index contributed by atoms with van der Waals surface area (Å²) in [5, 5.41) is 17.8. The van der Waals surface area contributed by atoms with Gasteiger partial charge in [0.05, 0.1) is 23.2 Å². The van der Waals surface area contributed by atoms with Gasteiger partial charge in [0.1, 0.15) is 0 Å². The number of imidazole rings is 1. The number of fused-ring (bicyclic) bond motifs is 2. The fourth-order valence-corrected chi connectivity index (χ4v) is 5.10. The van der Waals surface area contributed by atoms with Crippen molar-refractivity contribution in [1.82, 2.24) is 14.4 Å². The van der Waals surface area contributed by atoms with Crippen LogP contribution < -0.4 is 0 Å². The van der Waals surface area contributed by atoms with Crippen LogP contribution in [0.1, 0.15) is 11.5 Å². The van der Waals surface area contributed by atoms with Crippen LogP contribution in [0, 0.1) is 5.41 Å². The van der Waals surface area contributed by atoms with E-state index in [2.05, 4.69) is 10.1 Å². The smallest absolute Gasteiger partial charge is 0.283 e. The number of amidine groups is 2. The third-order valence-corrected chi connectivity index (χ3v) is 6.82. The number of carbonyl (C=O) groups is 1. The summed E-state index contributed by atoms with van der Waals surface area (Å²) in [5.41, 5.74) is 2.34. The van der Waals surface area contributed by atoms with Crippen molar-refractivity contribution < 1.29 is 9.21 Å². The second kappa shape index (κ2) is 7.30. The molecule has 0 spiro atoms. The SMILES string of the molecule is N=C1/C(=C/c2c(-c3ccc(Cl)cc3)nc3sccn23)C(=O)N=C2SC(c3ccco3)=NN12. The maximum absolute atomic E-state index is 12.9. The fourth-order valence-electron chi connectivity index (χ4n) is 3.39. The topological polar surface area (TPSA) is 99.3 Å². The van der Waals surface area contributed by atoms with Crippen molar-refractivity contribution >= 4 is 67.7 Å². The Labute approximate surface area is 194 Å². The van der Waals surface area contributed by atoms with E-state index in [0.29, 0.717) is 32.4 Å². The Morgan fingerprint density at radius 3 is 2.81 bits per heavy atom. The van der Waals surface area contributed by atoms with Crippen molar-refractivity contribution in [3.8, 4) is 11.3 Å². The lowest BCUT2D eigenvalue weighted by molar-refractivity contribution is -0.114. The zero-order valence-corrected chi connectivity index (χ0v) is 18.4. The number of halogens is 1. The molecule has 0 bridgehead atoms. The number of aromatic nitrogens is 2. The maximum atomic E-state index is 12.9. The minimum absolute atomic E-state index is 0.0544. The first kappa shape index (κ1) is 19.2. The van der Waals surface area contributed by atoms with Gasteiger partial charge in [0.15, 0.2) is 21.6 Å². The zero-order chi connectivity index (χ0) is 21.8. The Bertz CT molecular complexity index is 1490. The molecule has 0 fully saturated rings. The van der Waals surface area contributed by atoms with Gasteiger partial charge in [0.2, 0.25) is 5.17 Å². The number of hydrogen-bond acceptors (Lipinski definition) is 7. The molecule has 6 rings (SSSR count). The zero-order valence-electron chi connectivity index (χ0n) is 16.0. The number of benzene rings is 1. The molecular formula is C21H11ClN6O2S2. The van der Waals surface area contributed by atoms with Crippen molar-refractivity contribution in [3.63, 3.8) is 0 Å². The van der Waals surface area contributed by atoms with Gasteiger partial charge in [-0.05, 0) is 42.1 Å². The first-order chi connectivity index (χ1) is 15.6. The Balaban J connectivity index is 1.46.